The van der Waals surface area contributed by atoms with Crippen LogP contribution in [0.1, 0.15) is 30.3 Å². The van der Waals surface area contributed by atoms with Crippen molar-refractivity contribution in [1.82, 2.24) is 4.98 Å². The smallest absolute Gasteiger partial charge is 0.310 e. The van der Waals surface area contributed by atoms with E-state index in [-0.39, 0.29) is 6.42 Å². The Morgan fingerprint density at radius 2 is 2.20 bits per heavy atom. The molecule has 20 heavy (non-hydrogen) atoms. The van der Waals surface area contributed by atoms with Gasteiger partial charge in [-0.2, -0.15) is 0 Å². The summed E-state index contributed by atoms with van der Waals surface area (Å²) in [5.74, 6) is 0.357. The summed E-state index contributed by atoms with van der Waals surface area (Å²) in [6.45, 7) is 4.22. The Morgan fingerprint density at radius 1 is 1.45 bits per heavy atom. The second-order valence-corrected chi connectivity index (χ2v) is 5.75. The number of nitrogens with zero attached hydrogens (tertiary/aromatic N) is 1. The first-order chi connectivity index (χ1) is 9.51. The Morgan fingerprint density at radius 3 is 2.80 bits per heavy atom. The molecule has 0 saturated carbocycles. The van der Waals surface area contributed by atoms with Crippen LogP contribution in [0.5, 0.6) is 5.75 Å². The molecule has 106 valence electrons. The SMILES string of the molecule is COc1ccc(-c2csc(CC(=O)O)n2)cc1C(C)C. The van der Waals surface area contributed by atoms with Crippen molar-refractivity contribution in [2.24, 2.45) is 0 Å². The van der Waals surface area contributed by atoms with Gasteiger partial charge in [-0.1, -0.05) is 13.8 Å². The standard InChI is InChI=1S/C15H17NO3S/c1-9(2)11-6-10(4-5-13(11)19-3)12-8-20-14(16-12)7-15(17)18/h4-6,8-9H,7H2,1-3H3,(H,17,18). The number of thiazole rings is 1. The average Bonchev–Trinajstić information content (AvgIpc) is 2.85. The lowest BCUT2D eigenvalue weighted by atomic mass is 9.98. The minimum atomic E-state index is -0.858. The van der Waals surface area contributed by atoms with E-state index in [1.165, 1.54) is 11.3 Å². The van der Waals surface area contributed by atoms with Crippen LogP contribution in [-0.4, -0.2) is 23.2 Å². The number of benzene rings is 1. The number of carboxylic acids is 1. The largest absolute Gasteiger partial charge is 0.496 e. The van der Waals surface area contributed by atoms with Crippen molar-refractivity contribution in [2.75, 3.05) is 7.11 Å². The molecule has 0 amide bonds. The number of hydrogen-bond acceptors (Lipinski definition) is 4. The molecule has 0 fully saturated rings. The molecule has 0 spiro atoms. The molecule has 0 bridgehead atoms. The van der Waals surface area contributed by atoms with E-state index < -0.39 is 5.97 Å². The molecule has 2 aromatic rings. The molecule has 0 radical (unpaired) electrons. The van der Waals surface area contributed by atoms with Gasteiger partial charge in [0, 0.05) is 10.9 Å². The molecule has 0 aliphatic rings. The molecule has 1 N–H and O–H groups in total. The summed E-state index contributed by atoms with van der Waals surface area (Å²) in [5, 5.41) is 11.3. The van der Waals surface area contributed by atoms with Crippen LogP contribution in [0.4, 0.5) is 0 Å². The van der Waals surface area contributed by atoms with E-state index in [1.54, 1.807) is 7.11 Å². The van der Waals surface area contributed by atoms with Gasteiger partial charge in [0.2, 0.25) is 0 Å². The summed E-state index contributed by atoms with van der Waals surface area (Å²) in [5.41, 5.74) is 2.93. The molecule has 0 atom stereocenters. The van der Waals surface area contributed by atoms with E-state index in [0.29, 0.717) is 10.9 Å². The fraction of sp³-hybridized carbons (Fsp3) is 0.333. The Labute approximate surface area is 122 Å². The Balaban J connectivity index is 2.35. The maximum absolute atomic E-state index is 10.7. The highest BCUT2D eigenvalue weighted by atomic mass is 32.1. The fourth-order valence-electron chi connectivity index (χ4n) is 2.00. The predicted octanol–water partition coefficient (Wildman–Crippen LogP) is 3.57. The summed E-state index contributed by atoms with van der Waals surface area (Å²) in [6.07, 6.45) is -0.0299. The number of carbonyl (C=O) groups is 1. The van der Waals surface area contributed by atoms with Gasteiger partial charge in [0.15, 0.2) is 0 Å². The fourth-order valence-corrected chi connectivity index (χ4v) is 2.79. The molecule has 1 aromatic carbocycles. The lowest BCUT2D eigenvalue weighted by molar-refractivity contribution is -0.136. The van der Waals surface area contributed by atoms with Crippen molar-refractivity contribution >= 4 is 17.3 Å². The van der Waals surface area contributed by atoms with Gasteiger partial charge in [-0.3, -0.25) is 4.79 Å². The first-order valence-electron chi connectivity index (χ1n) is 6.35. The number of ether oxygens (including phenoxy) is 1. The van der Waals surface area contributed by atoms with Crippen molar-refractivity contribution in [3.63, 3.8) is 0 Å². The summed E-state index contributed by atoms with van der Waals surface area (Å²) in [7, 11) is 1.66. The van der Waals surface area contributed by atoms with Gasteiger partial charge in [-0.05, 0) is 29.7 Å². The molecule has 2 rings (SSSR count). The van der Waals surface area contributed by atoms with Crippen LogP contribution >= 0.6 is 11.3 Å². The van der Waals surface area contributed by atoms with Crippen LogP contribution in [0, 0.1) is 0 Å². The van der Waals surface area contributed by atoms with Gasteiger partial charge in [0.05, 0.1) is 19.2 Å². The van der Waals surface area contributed by atoms with E-state index in [4.69, 9.17) is 9.84 Å². The third-order valence-electron chi connectivity index (χ3n) is 3.00. The molecule has 5 heteroatoms. The summed E-state index contributed by atoms with van der Waals surface area (Å²) in [6, 6.07) is 5.94. The minimum absolute atomic E-state index is 0.0299. The molecule has 0 aliphatic carbocycles. The molecular formula is C15H17NO3S. The third kappa shape index (κ3) is 3.17. The van der Waals surface area contributed by atoms with Gasteiger partial charge >= 0.3 is 5.97 Å². The summed E-state index contributed by atoms with van der Waals surface area (Å²) >= 11 is 1.37. The number of methoxy groups -OCH3 is 1. The molecular weight excluding hydrogens is 274 g/mol. The number of aliphatic carboxylic acids is 1. The first kappa shape index (κ1) is 14.5. The number of aromatic nitrogens is 1. The quantitative estimate of drug-likeness (QED) is 0.915. The van der Waals surface area contributed by atoms with Crippen LogP contribution in [0.2, 0.25) is 0 Å². The molecule has 0 aliphatic heterocycles. The van der Waals surface area contributed by atoms with Gasteiger partial charge in [0.1, 0.15) is 10.8 Å². The van der Waals surface area contributed by atoms with E-state index in [2.05, 4.69) is 24.9 Å². The maximum atomic E-state index is 10.7. The van der Waals surface area contributed by atoms with E-state index >= 15 is 0 Å². The van der Waals surface area contributed by atoms with E-state index in [1.807, 2.05) is 17.5 Å². The monoisotopic (exact) mass is 291 g/mol. The zero-order valence-electron chi connectivity index (χ0n) is 11.7. The normalized spacial score (nSPS) is 10.8. The van der Waals surface area contributed by atoms with Crippen LogP contribution in [-0.2, 0) is 11.2 Å². The lowest BCUT2D eigenvalue weighted by Gasteiger charge is -2.12. The van der Waals surface area contributed by atoms with Gasteiger partial charge in [0.25, 0.3) is 0 Å². The Bertz CT molecular complexity index is 619. The van der Waals surface area contributed by atoms with Crippen LogP contribution in [0.25, 0.3) is 11.3 Å². The third-order valence-corrected chi connectivity index (χ3v) is 3.85. The molecule has 0 unspecified atom stereocenters. The van der Waals surface area contributed by atoms with E-state index in [9.17, 15) is 4.79 Å². The van der Waals surface area contributed by atoms with Gasteiger partial charge in [-0.15, -0.1) is 11.3 Å². The van der Waals surface area contributed by atoms with Crippen molar-refractivity contribution in [2.45, 2.75) is 26.2 Å². The second kappa shape index (κ2) is 6.05. The highest BCUT2D eigenvalue weighted by Crippen LogP contribution is 2.31. The Hall–Kier alpha value is -1.88. The molecule has 1 heterocycles. The second-order valence-electron chi connectivity index (χ2n) is 4.81. The Kier molecular flexibility index (Phi) is 4.39. The van der Waals surface area contributed by atoms with Crippen molar-refractivity contribution in [1.29, 1.82) is 0 Å². The first-order valence-corrected chi connectivity index (χ1v) is 7.23. The van der Waals surface area contributed by atoms with Gasteiger partial charge < -0.3 is 9.84 Å². The minimum Gasteiger partial charge on any atom is -0.496 e. The van der Waals surface area contributed by atoms with Crippen molar-refractivity contribution in [3.8, 4) is 17.0 Å². The number of rotatable bonds is 5. The topological polar surface area (TPSA) is 59.4 Å². The highest BCUT2D eigenvalue weighted by molar-refractivity contribution is 7.10. The zero-order valence-corrected chi connectivity index (χ0v) is 12.5. The number of carboxylic acid groups (broad SMARTS) is 1. The zero-order chi connectivity index (χ0) is 14.7. The number of hydrogen-bond donors (Lipinski definition) is 1. The van der Waals surface area contributed by atoms with Crippen molar-refractivity contribution in [3.05, 3.63) is 34.2 Å². The highest BCUT2D eigenvalue weighted by Gasteiger charge is 2.12. The molecule has 4 nitrogen and oxygen atoms in total. The van der Waals surface area contributed by atoms with E-state index in [0.717, 1.165) is 22.6 Å². The van der Waals surface area contributed by atoms with Crippen molar-refractivity contribution < 1.29 is 14.6 Å². The summed E-state index contributed by atoms with van der Waals surface area (Å²) in [4.78, 5) is 15.1. The average molecular weight is 291 g/mol. The van der Waals surface area contributed by atoms with Crippen LogP contribution in [0.3, 0.4) is 0 Å². The van der Waals surface area contributed by atoms with Gasteiger partial charge in [-0.25, -0.2) is 4.98 Å². The summed E-state index contributed by atoms with van der Waals surface area (Å²) < 4.78 is 5.36. The lowest BCUT2D eigenvalue weighted by Crippen LogP contribution is -1.99. The van der Waals surface area contributed by atoms with Crippen LogP contribution < -0.4 is 4.74 Å². The van der Waals surface area contributed by atoms with Crippen LogP contribution in [0.15, 0.2) is 23.6 Å². The molecule has 1 aromatic heterocycles. The molecule has 0 saturated heterocycles. The predicted molar refractivity (Wildman–Crippen MR) is 79.5 cm³/mol. The maximum Gasteiger partial charge on any atom is 0.310 e.